The van der Waals surface area contributed by atoms with E-state index in [2.05, 4.69) is 15.0 Å². The zero-order valence-corrected chi connectivity index (χ0v) is 9.72. The van der Waals surface area contributed by atoms with E-state index in [1.807, 2.05) is 6.07 Å². The number of ether oxygens (including phenoxy) is 1. The number of benzene rings is 2. The predicted molar refractivity (Wildman–Crippen MR) is 67.4 cm³/mol. The van der Waals surface area contributed by atoms with Crippen molar-refractivity contribution in [3.05, 3.63) is 48.5 Å². The molecule has 0 spiro atoms. The summed E-state index contributed by atoms with van der Waals surface area (Å²) in [6.45, 7) is 0. The molecule has 6 nitrogen and oxygen atoms in total. The maximum atomic E-state index is 10.5. The van der Waals surface area contributed by atoms with Crippen LogP contribution in [0.1, 0.15) is 0 Å². The van der Waals surface area contributed by atoms with E-state index in [9.17, 15) is 9.90 Å². The Morgan fingerprint density at radius 1 is 1.05 bits per heavy atom. The topological polar surface area (TPSA) is 91.5 Å². The average Bonchev–Trinajstić information content (AvgIpc) is 2.38. The number of phenolic OH excluding ortho intramolecular Hbond substituents is 1. The fourth-order valence-electron chi connectivity index (χ4n) is 1.37. The molecule has 0 heterocycles. The molecule has 2 aromatic rings. The van der Waals surface area contributed by atoms with Crippen LogP contribution in [0.3, 0.4) is 0 Å². The second-order valence-corrected chi connectivity index (χ2v) is 3.56. The lowest BCUT2D eigenvalue weighted by Gasteiger charge is -2.03. The number of carbonyl (C=O) groups is 1. The third kappa shape index (κ3) is 3.53. The summed E-state index contributed by atoms with van der Waals surface area (Å²) >= 11 is 0. The maximum Gasteiger partial charge on any atom is 0.511 e. The van der Waals surface area contributed by atoms with E-state index in [1.54, 1.807) is 24.3 Å². The number of azo groups is 1. The molecule has 0 fully saturated rings. The van der Waals surface area contributed by atoms with E-state index in [0.29, 0.717) is 5.69 Å². The molecule has 0 bridgehead atoms. The van der Waals surface area contributed by atoms with Crippen LogP contribution in [0, 0.1) is 0 Å². The lowest BCUT2D eigenvalue weighted by atomic mass is 10.3. The molecule has 0 aliphatic heterocycles. The first kappa shape index (κ1) is 12.6. The second-order valence-electron chi connectivity index (χ2n) is 3.56. The van der Waals surface area contributed by atoms with E-state index in [0.717, 1.165) is 6.07 Å². The van der Waals surface area contributed by atoms with Gasteiger partial charge in [-0.1, -0.05) is 18.2 Å². The molecule has 0 unspecified atom stereocenters. The lowest BCUT2D eigenvalue weighted by Crippen LogP contribution is -2.02. The fraction of sp³-hybridized carbons (Fsp3) is 0. The zero-order valence-electron chi connectivity index (χ0n) is 9.72. The van der Waals surface area contributed by atoms with Gasteiger partial charge in [0.05, 0.1) is 5.69 Å². The van der Waals surface area contributed by atoms with Crippen molar-refractivity contribution in [1.29, 1.82) is 0 Å². The van der Waals surface area contributed by atoms with Gasteiger partial charge in [0.25, 0.3) is 0 Å². The smallest absolute Gasteiger partial charge is 0.508 e. The summed E-state index contributed by atoms with van der Waals surface area (Å²) in [5.74, 6) is -0.193. The molecule has 0 saturated heterocycles. The Morgan fingerprint density at radius 2 is 1.79 bits per heavy atom. The molecule has 0 aromatic heterocycles. The molecule has 0 saturated carbocycles. The van der Waals surface area contributed by atoms with Gasteiger partial charge < -0.3 is 14.9 Å². The molecular formula is C13H10N2O4. The maximum absolute atomic E-state index is 10.5. The van der Waals surface area contributed by atoms with Gasteiger partial charge in [-0.3, -0.25) is 0 Å². The predicted octanol–water partition coefficient (Wildman–Crippen LogP) is 3.86. The minimum Gasteiger partial charge on any atom is -0.508 e. The first-order valence-corrected chi connectivity index (χ1v) is 5.36. The van der Waals surface area contributed by atoms with Gasteiger partial charge in [-0.05, 0) is 24.3 Å². The van der Waals surface area contributed by atoms with Crippen molar-refractivity contribution in [3.63, 3.8) is 0 Å². The third-order valence-electron chi connectivity index (χ3n) is 2.17. The van der Waals surface area contributed by atoms with Gasteiger partial charge in [0.1, 0.15) is 11.4 Å². The first-order chi connectivity index (χ1) is 9.15. The SMILES string of the molecule is O=C(O)Oc1cc(O)ccc1N=Nc1ccccc1. The molecule has 2 aromatic carbocycles. The summed E-state index contributed by atoms with van der Waals surface area (Å²) in [6, 6.07) is 12.9. The highest BCUT2D eigenvalue weighted by atomic mass is 16.7. The van der Waals surface area contributed by atoms with E-state index in [1.165, 1.54) is 12.1 Å². The Kier molecular flexibility index (Phi) is 3.72. The van der Waals surface area contributed by atoms with Crippen LogP contribution in [0.5, 0.6) is 11.5 Å². The van der Waals surface area contributed by atoms with Gasteiger partial charge in [0.15, 0.2) is 5.75 Å². The van der Waals surface area contributed by atoms with Crippen molar-refractivity contribution in [3.8, 4) is 11.5 Å². The summed E-state index contributed by atoms with van der Waals surface area (Å²) in [4.78, 5) is 10.5. The standard InChI is InChI=1S/C13H10N2O4/c16-10-6-7-11(12(8-10)19-13(17)18)15-14-9-4-2-1-3-5-9/h1-8,16H,(H,17,18). The lowest BCUT2D eigenvalue weighted by molar-refractivity contribution is 0.144. The molecule has 0 aliphatic rings. The first-order valence-electron chi connectivity index (χ1n) is 5.36. The monoisotopic (exact) mass is 258 g/mol. The van der Waals surface area contributed by atoms with Crippen LogP contribution < -0.4 is 4.74 Å². The van der Waals surface area contributed by atoms with Gasteiger partial charge in [0, 0.05) is 6.07 Å². The number of nitrogens with zero attached hydrogens (tertiary/aromatic N) is 2. The van der Waals surface area contributed by atoms with E-state index in [-0.39, 0.29) is 17.2 Å². The molecule has 2 N–H and O–H groups in total. The Bertz CT molecular complexity index is 611. The van der Waals surface area contributed by atoms with Gasteiger partial charge in [-0.15, -0.1) is 5.11 Å². The number of carboxylic acid groups (broad SMARTS) is 1. The molecule has 0 atom stereocenters. The van der Waals surface area contributed by atoms with Gasteiger partial charge in [-0.2, -0.15) is 5.11 Å². The highest BCUT2D eigenvalue weighted by Gasteiger charge is 2.08. The summed E-state index contributed by atoms with van der Waals surface area (Å²) in [6.07, 6.45) is -1.48. The van der Waals surface area contributed by atoms with Crippen molar-refractivity contribution < 1.29 is 19.7 Å². The Labute approximate surface area is 108 Å². The molecule has 0 radical (unpaired) electrons. The van der Waals surface area contributed by atoms with Crippen molar-refractivity contribution in [2.24, 2.45) is 10.2 Å². The zero-order chi connectivity index (χ0) is 13.7. The highest BCUT2D eigenvalue weighted by Crippen LogP contribution is 2.32. The van der Waals surface area contributed by atoms with E-state index in [4.69, 9.17) is 5.11 Å². The van der Waals surface area contributed by atoms with Crippen LogP contribution in [0.4, 0.5) is 16.2 Å². The van der Waals surface area contributed by atoms with Crippen molar-refractivity contribution in [2.75, 3.05) is 0 Å². The number of rotatable bonds is 3. The van der Waals surface area contributed by atoms with Crippen molar-refractivity contribution in [2.45, 2.75) is 0 Å². The third-order valence-corrected chi connectivity index (χ3v) is 2.17. The van der Waals surface area contributed by atoms with Crippen LogP contribution in [0.15, 0.2) is 58.8 Å². The summed E-state index contributed by atoms with van der Waals surface area (Å²) < 4.78 is 4.52. The van der Waals surface area contributed by atoms with Crippen LogP contribution in [-0.4, -0.2) is 16.4 Å². The largest absolute Gasteiger partial charge is 0.511 e. The molecule has 2 rings (SSSR count). The molecule has 19 heavy (non-hydrogen) atoms. The molecule has 96 valence electrons. The summed E-state index contributed by atoms with van der Waals surface area (Å²) in [5.41, 5.74) is 0.834. The Hall–Kier alpha value is -2.89. The minimum absolute atomic E-state index is 0.0767. The molecule has 0 amide bonds. The van der Waals surface area contributed by atoms with Crippen LogP contribution in [0.2, 0.25) is 0 Å². The van der Waals surface area contributed by atoms with Gasteiger partial charge >= 0.3 is 6.16 Å². The summed E-state index contributed by atoms with van der Waals surface area (Å²) in [5, 5.41) is 25.7. The van der Waals surface area contributed by atoms with Gasteiger partial charge in [0.2, 0.25) is 0 Å². The number of phenols is 1. The highest BCUT2D eigenvalue weighted by molar-refractivity contribution is 5.66. The van der Waals surface area contributed by atoms with Crippen LogP contribution in [-0.2, 0) is 0 Å². The summed E-state index contributed by atoms with van der Waals surface area (Å²) in [7, 11) is 0. The van der Waals surface area contributed by atoms with Gasteiger partial charge in [-0.25, -0.2) is 4.79 Å². The normalized spacial score (nSPS) is 10.5. The number of aromatic hydroxyl groups is 1. The molecular weight excluding hydrogens is 248 g/mol. The Balaban J connectivity index is 2.29. The van der Waals surface area contributed by atoms with Crippen molar-refractivity contribution >= 4 is 17.5 Å². The van der Waals surface area contributed by atoms with Crippen LogP contribution >= 0.6 is 0 Å². The quantitative estimate of drug-likeness (QED) is 0.496. The average molecular weight is 258 g/mol. The van der Waals surface area contributed by atoms with Crippen molar-refractivity contribution in [1.82, 2.24) is 0 Å². The minimum atomic E-state index is -1.48. The number of hydrogen-bond acceptors (Lipinski definition) is 5. The number of hydrogen-bond donors (Lipinski definition) is 2. The van der Waals surface area contributed by atoms with E-state index >= 15 is 0 Å². The fourth-order valence-corrected chi connectivity index (χ4v) is 1.37. The Morgan fingerprint density at radius 3 is 2.47 bits per heavy atom. The molecule has 6 heteroatoms. The molecule has 0 aliphatic carbocycles. The second kappa shape index (κ2) is 5.63. The van der Waals surface area contributed by atoms with E-state index < -0.39 is 6.16 Å². The van der Waals surface area contributed by atoms with Crippen LogP contribution in [0.25, 0.3) is 0 Å².